The van der Waals surface area contributed by atoms with Crippen molar-refractivity contribution in [2.75, 3.05) is 18.8 Å². The highest BCUT2D eigenvalue weighted by Crippen LogP contribution is 2.17. The SMILES string of the molecule is N#Cc1ccc(CNC(=O)[C@H](CCCCN)NC(=O)[C@@H](CCCCN)CS(=O)(=O)Cc2ccccc2)cc1. The molecule has 0 fully saturated rings. The van der Waals surface area contributed by atoms with Crippen LogP contribution in [0.5, 0.6) is 0 Å². The summed E-state index contributed by atoms with van der Waals surface area (Å²) < 4.78 is 25.9. The number of hydrogen-bond donors (Lipinski definition) is 4. The maximum Gasteiger partial charge on any atom is 0.242 e. The minimum Gasteiger partial charge on any atom is -0.350 e. The lowest BCUT2D eigenvalue weighted by molar-refractivity contribution is -0.131. The molecule has 0 saturated carbocycles. The van der Waals surface area contributed by atoms with E-state index in [1.807, 2.05) is 6.07 Å². The molecule has 9 nitrogen and oxygen atoms in total. The number of benzene rings is 2. The Morgan fingerprint density at radius 1 is 0.842 bits per heavy atom. The number of hydrogen-bond acceptors (Lipinski definition) is 7. The number of nitrogens with one attached hydrogen (secondary N) is 2. The van der Waals surface area contributed by atoms with Gasteiger partial charge in [-0.25, -0.2) is 8.42 Å². The van der Waals surface area contributed by atoms with Crippen LogP contribution in [-0.2, 0) is 31.7 Å². The maximum absolute atomic E-state index is 13.3. The number of carbonyl (C=O) groups excluding carboxylic acids is 2. The zero-order chi connectivity index (χ0) is 27.8. The summed E-state index contributed by atoms with van der Waals surface area (Å²) in [5, 5.41) is 14.6. The van der Waals surface area contributed by atoms with Gasteiger partial charge in [0.1, 0.15) is 6.04 Å². The highest BCUT2D eigenvalue weighted by molar-refractivity contribution is 7.90. The van der Waals surface area contributed by atoms with E-state index in [0.29, 0.717) is 62.7 Å². The molecule has 0 spiro atoms. The van der Waals surface area contributed by atoms with E-state index in [1.54, 1.807) is 48.5 Å². The third-order valence-electron chi connectivity index (χ3n) is 6.19. The topological polar surface area (TPSA) is 168 Å². The first-order chi connectivity index (χ1) is 18.3. The molecule has 0 saturated heterocycles. The molecule has 10 heteroatoms. The summed E-state index contributed by atoms with van der Waals surface area (Å²) in [6.45, 7) is 1.15. The third-order valence-corrected chi connectivity index (χ3v) is 7.88. The second kappa shape index (κ2) is 16.6. The summed E-state index contributed by atoms with van der Waals surface area (Å²) in [4.78, 5) is 26.4. The van der Waals surface area contributed by atoms with Crippen molar-refractivity contribution in [2.24, 2.45) is 17.4 Å². The van der Waals surface area contributed by atoms with E-state index in [-0.39, 0.29) is 24.0 Å². The summed E-state index contributed by atoms with van der Waals surface area (Å²) in [5.74, 6) is -2.06. The Hall–Kier alpha value is -3.26. The minimum atomic E-state index is -3.58. The molecule has 6 N–H and O–H groups in total. The number of nitriles is 1. The van der Waals surface area contributed by atoms with Gasteiger partial charge in [-0.1, -0.05) is 48.9 Å². The second-order valence-electron chi connectivity index (χ2n) is 9.39. The quantitative estimate of drug-likeness (QED) is 0.222. The summed E-state index contributed by atoms with van der Waals surface area (Å²) in [7, 11) is -3.58. The van der Waals surface area contributed by atoms with Crippen LogP contribution in [0.25, 0.3) is 0 Å². The van der Waals surface area contributed by atoms with Gasteiger partial charge in [-0.15, -0.1) is 0 Å². The van der Waals surface area contributed by atoms with Gasteiger partial charge in [-0.2, -0.15) is 5.26 Å². The second-order valence-corrected chi connectivity index (χ2v) is 11.5. The van der Waals surface area contributed by atoms with Crippen molar-refractivity contribution in [2.45, 2.75) is 56.9 Å². The molecule has 0 heterocycles. The normalized spacial score (nSPS) is 12.8. The standard InChI is InChI=1S/C28H39N5O4S/c29-16-6-4-10-25(21-38(36,37)20-24-8-2-1-3-9-24)27(34)33-26(11-5-7-17-30)28(35)32-19-23-14-12-22(18-31)13-15-23/h1-3,8-9,12-15,25-26H,4-7,10-11,16-17,19-21,29-30H2,(H,32,35)(H,33,34)/t25-,26-/m0/s1. The molecule has 0 aliphatic heterocycles. The van der Waals surface area contributed by atoms with Crippen LogP contribution in [-0.4, -0.2) is 45.1 Å². The predicted molar refractivity (Wildman–Crippen MR) is 148 cm³/mol. The van der Waals surface area contributed by atoms with E-state index in [0.717, 1.165) is 5.56 Å². The molecule has 206 valence electrons. The first-order valence-corrected chi connectivity index (χ1v) is 14.8. The van der Waals surface area contributed by atoms with Gasteiger partial charge < -0.3 is 22.1 Å². The summed E-state index contributed by atoms with van der Waals surface area (Å²) in [5.41, 5.74) is 13.2. The Balaban J connectivity index is 2.10. The Morgan fingerprint density at radius 2 is 1.47 bits per heavy atom. The molecular formula is C28H39N5O4S. The molecular weight excluding hydrogens is 502 g/mol. The van der Waals surface area contributed by atoms with Crippen LogP contribution < -0.4 is 22.1 Å². The van der Waals surface area contributed by atoms with Gasteiger partial charge in [0, 0.05) is 6.54 Å². The van der Waals surface area contributed by atoms with E-state index < -0.39 is 27.7 Å². The Morgan fingerprint density at radius 3 is 2.08 bits per heavy atom. The predicted octanol–water partition coefficient (Wildman–Crippen LogP) is 2.15. The Kier molecular flexibility index (Phi) is 13.5. The van der Waals surface area contributed by atoms with Gasteiger partial charge in [-0.05, 0) is 68.5 Å². The van der Waals surface area contributed by atoms with Gasteiger partial charge in [0.15, 0.2) is 9.84 Å². The number of carbonyl (C=O) groups is 2. The molecule has 2 amide bonds. The number of amides is 2. The van der Waals surface area contributed by atoms with Crippen molar-refractivity contribution in [3.8, 4) is 6.07 Å². The lowest BCUT2D eigenvalue weighted by Gasteiger charge is -2.23. The molecule has 0 radical (unpaired) electrons. The van der Waals surface area contributed by atoms with Crippen LogP contribution in [0, 0.1) is 17.2 Å². The molecule has 2 atom stereocenters. The maximum atomic E-state index is 13.3. The lowest BCUT2D eigenvalue weighted by atomic mass is 10.0. The van der Waals surface area contributed by atoms with E-state index in [9.17, 15) is 18.0 Å². The summed E-state index contributed by atoms with van der Waals surface area (Å²) >= 11 is 0. The van der Waals surface area contributed by atoms with Crippen molar-refractivity contribution < 1.29 is 18.0 Å². The van der Waals surface area contributed by atoms with E-state index >= 15 is 0 Å². The van der Waals surface area contributed by atoms with Crippen molar-refractivity contribution in [1.29, 1.82) is 5.26 Å². The van der Waals surface area contributed by atoms with Crippen molar-refractivity contribution in [3.63, 3.8) is 0 Å². The number of nitrogens with zero attached hydrogens (tertiary/aromatic N) is 1. The van der Waals surface area contributed by atoms with Gasteiger partial charge in [0.25, 0.3) is 0 Å². The highest BCUT2D eigenvalue weighted by atomic mass is 32.2. The van der Waals surface area contributed by atoms with E-state index in [4.69, 9.17) is 16.7 Å². The van der Waals surface area contributed by atoms with Crippen LogP contribution in [0.2, 0.25) is 0 Å². The molecule has 0 aromatic heterocycles. The Bertz CT molecular complexity index is 1150. The summed E-state index contributed by atoms with van der Waals surface area (Å²) in [6.07, 6.45) is 3.36. The van der Waals surface area contributed by atoms with Gasteiger partial charge in [0.05, 0.1) is 29.1 Å². The van der Waals surface area contributed by atoms with Crippen LogP contribution in [0.1, 0.15) is 55.2 Å². The fourth-order valence-corrected chi connectivity index (χ4v) is 5.83. The number of rotatable bonds is 17. The highest BCUT2D eigenvalue weighted by Gasteiger charge is 2.29. The van der Waals surface area contributed by atoms with Crippen LogP contribution in [0.4, 0.5) is 0 Å². The van der Waals surface area contributed by atoms with E-state index in [2.05, 4.69) is 16.7 Å². The average Bonchev–Trinajstić information content (AvgIpc) is 2.91. The van der Waals surface area contributed by atoms with Crippen molar-refractivity contribution in [3.05, 3.63) is 71.3 Å². The third kappa shape index (κ3) is 11.4. The Labute approximate surface area is 225 Å². The molecule has 0 aliphatic carbocycles. The largest absolute Gasteiger partial charge is 0.350 e. The molecule has 0 bridgehead atoms. The summed E-state index contributed by atoms with van der Waals surface area (Å²) in [6, 6.07) is 16.9. The first kappa shape index (κ1) is 31.0. The van der Waals surface area contributed by atoms with Gasteiger partial charge in [0.2, 0.25) is 11.8 Å². The van der Waals surface area contributed by atoms with Gasteiger partial charge in [-0.3, -0.25) is 9.59 Å². The van der Waals surface area contributed by atoms with Crippen LogP contribution >= 0.6 is 0 Å². The molecule has 2 aromatic carbocycles. The number of unbranched alkanes of at least 4 members (excludes halogenated alkanes) is 2. The van der Waals surface area contributed by atoms with Gasteiger partial charge >= 0.3 is 0 Å². The zero-order valence-electron chi connectivity index (χ0n) is 21.8. The molecule has 0 aliphatic rings. The molecule has 2 aromatic rings. The fourth-order valence-electron chi connectivity index (χ4n) is 4.08. The first-order valence-electron chi connectivity index (χ1n) is 13.0. The molecule has 2 rings (SSSR count). The smallest absolute Gasteiger partial charge is 0.242 e. The van der Waals surface area contributed by atoms with Crippen molar-refractivity contribution in [1.82, 2.24) is 10.6 Å². The number of sulfone groups is 1. The molecule has 0 unspecified atom stereocenters. The molecule has 38 heavy (non-hydrogen) atoms. The fraction of sp³-hybridized carbons (Fsp3) is 0.464. The van der Waals surface area contributed by atoms with Crippen LogP contribution in [0.3, 0.4) is 0 Å². The zero-order valence-corrected chi connectivity index (χ0v) is 22.6. The number of nitrogens with two attached hydrogens (primary N) is 2. The van der Waals surface area contributed by atoms with Crippen LogP contribution in [0.15, 0.2) is 54.6 Å². The monoisotopic (exact) mass is 541 g/mol. The lowest BCUT2D eigenvalue weighted by Crippen LogP contribution is -2.49. The minimum absolute atomic E-state index is 0.153. The average molecular weight is 542 g/mol. The van der Waals surface area contributed by atoms with Crippen molar-refractivity contribution >= 4 is 21.7 Å². The van der Waals surface area contributed by atoms with E-state index in [1.165, 1.54) is 0 Å².